The lowest BCUT2D eigenvalue weighted by molar-refractivity contribution is 0.453. The average Bonchev–Trinajstić information content (AvgIpc) is 3.05. The molecule has 0 amide bonds. The first-order chi connectivity index (χ1) is 10.7. The van der Waals surface area contributed by atoms with E-state index in [0.29, 0.717) is 12.5 Å². The molecule has 4 heterocycles. The van der Waals surface area contributed by atoms with Crippen LogP contribution in [0, 0.1) is 6.92 Å². The van der Waals surface area contributed by atoms with Crippen LogP contribution in [0.4, 0.5) is 5.82 Å². The molecule has 4 rings (SSSR count). The number of hydrogen-bond acceptors (Lipinski definition) is 6. The Hall–Kier alpha value is -1.63. The fourth-order valence-electron chi connectivity index (χ4n) is 2.64. The van der Waals surface area contributed by atoms with Gasteiger partial charge in [-0.05, 0) is 36.2 Å². The highest BCUT2D eigenvalue weighted by atomic mass is 35.5. The van der Waals surface area contributed by atoms with Crippen LogP contribution < -0.4 is 10.6 Å². The van der Waals surface area contributed by atoms with Crippen molar-refractivity contribution in [2.75, 3.05) is 18.4 Å². The van der Waals surface area contributed by atoms with Crippen molar-refractivity contribution in [1.29, 1.82) is 0 Å². The predicted octanol–water partition coefficient (Wildman–Crippen LogP) is 3.55. The van der Waals surface area contributed by atoms with E-state index in [9.17, 15) is 0 Å². The first kappa shape index (κ1) is 14.0. The number of nitrogens with zero attached hydrogens (tertiary/aromatic N) is 2. The van der Waals surface area contributed by atoms with E-state index < -0.39 is 0 Å². The van der Waals surface area contributed by atoms with Crippen LogP contribution in [-0.4, -0.2) is 23.1 Å². The van der Waals surface area contributed by atoms with E-state index in [1.165, 1.54) is 10.4 Å². The summed E-state index contributed by atoms with van der Waals surface area (Å²) in [4.78, 5) is 10.2. The average molecular weight is 335 g/mol. The Morgan fingerprint density at radius 1 is 1.45 bits per heavy atom. The van der Waals surface area contributed by atoms with Gasteiger partial charge in [0.2, 0.25) is 5.28 Å². The van der Waals surface area contributed by atoms with Gasteiger partial charge >= 0.3 is 0 Å². The van der Waals surface area contributed by atoms with Gasteiger partial charge in [0.15, 0.2) is 0 Å². The van der Waals surface area contributed by atoms with Gasteiger partial charge in [-0.25, -0.2) is 4.98 Å². The molecule has 2 N–H and O–H groups in total. The van der Waals surface area contributed by atoms with Crippen LogP contribution >= 0.6 is 22.9 Å². The molecule has 1 aliphatic rings. The molecule has 1 saturated heterocycles. The van der Waals surface area contributed by atoms with Gasteiger partial charge in [-0.2, -0.15) is 4.98 Å². The first-order valence-corrected chi connectivity index (χ1v) is 8.35. The lowest BCUT2D eigenvalue weighted by Crippen LogP contribution is -2.39. The second kappa shape index (κ2) is 5.53. The number of halogens is 1. The molecule has 22 heavy (non-hydrogen) atoms. The van der Waals surface area contributed by atoms with E-state index in [1.54, 1.807) is 17.6 Å². The maximum Gasteiger partial charge on any atom is 0.224 e. The Labute approximate surface area is 136 Å². The molecule has 0 aliphatic carbocycles. The third-order valence-corrected chi connectivity index (χ3v) is 5.56. The molecule has 7 heteroatoms. The van der Waals surface area contributed by atoms with Crippen molar-refractivity contribution in [2.24, 2.45) is 0 Å². The van der Waals surface area contributed by atoms with E-state index in [0.717, 1.165) is 34.9 Å². The van der Waals surface area contributed by atoms with E-state index >= 15 is 0 Å². The fraction of sp³-hybridized carbons (Fsp3) is 0.333. The smallest absolute Gasteiger partial charge is 0.224 e. The minimum absolute atomic E-state index is 0.272. The lowest BCUT2D eigenvalue weighted by Gasteiger charge is -2.26. The highest BCUT2D eigenvalue weighted by molar-refractivity contribution is 7.20. The molecular formula is C15H15ClN4OS. The van der Waals surface area contributed by atoms with Gasteiger partial charge in [0.05, 0.1) is 23.0 Å². The number of aromatic nitrogens is 2. The summed E-state index contributed by atoms with van der Waals surface area (Å²) in [7, 11) is 0. The number of furan rings is 1. The van der Waals surface area contributed by atoms with Gasteiger partial charge in [0.1, 0.15) is 11.6 Å². The molecular weight excluding hydrogens is 320 g/mol. The number of thiophene rings is 1. The molecule has 3 aromatic heterocycles. The number of fused-ring (bicyclic) bond motifs is 1. The first-order valence-electron chi connectivity index (χ1n) is 7.16. The zero-order valence-corrected chi connectivity index (χ0v) is 13.6. The van der Waals surface area contributed by atoms with Crippen molar-refractivity contribution in [3.05, 3.63) is 39.9 Å². The fourth-order valence-corrected chi connectivity index (χ4v) is 4.13. The summed E-state index contributed by atoms with van der Waals surface area (Å²) in [6.07, 6.45) is 1.66. The van der Waals surface area contributed by atoms with Gasteiger partial charge in [-0.3, -0.25) is 0 Å². The molecule has 114 valence electrons. The minimum atomic E-state index is 0.272. The summed E-state index contributed by atoms with van der Waals surface area (Å²) >= 11 is 7.86. The SMILES string of the molecule is Cc1c(C2CNC2)sc2c(NCc3ccco3)nc(Cl)nc12. The summed E-state index contributed by atoms with van der Waals surface area (Å²) in [6, 6.07) is 3.80. The number of rotatable bonds is 4. The molecule has 0 saturated carbocycles. The monoisotopic (exact) mass is 334 g/mol. The van der Waals surface area contributed by atoms with Gasteiger partial charge in [0.25, 0.3) is 0 Å². The van der Waals surface area contributed by atoms with Crippen LogP contribution in [0.1, 0.15) is 22.1 Å². The molecule has 3 aromatic rings. The highest BCUT2D eigenvalue weighted by Gasteiger charge is 2.25. The summed E-state index contributed by atoms with van der Waals surface area (Å²) in [5.41, 5.74) is 2.17. The second-order valence-corrected chi connectivity index (χ2v) is 6.79. The molecule has 1 aliphatic heterocycles. The van der Waals surface area contributed by atoms with E-state index in [4.69, 9.17) is 16.0 Å². The molecule has 0 aromatic carbocycles. The van der Waals surface area contributed by atoms with E-state index in [-0.39, 0.29) is 5.28 Å². The van der Waals surface area contributed by atoms with Crippen molar-refractivity contribution in [3.8, 4) is 0 Å². The number of hydrogen-bond donors (Lipinski definition) is 2. The van der Waals surface area contributed by atoms with Crippen LogP contribution in [0.2, 0.25) is 5.28 Å². The molecule has 5 nitrogen and oxygen atoms in total. The van der Waals surface area contributed by atoms with Crippen molar-refractivity contribution >= 4 is 39.0 Å². The number of aryl methyl sites for hydroxylation is 1. The van der Waals surface area contributed by atoms with Crippen LogP contribution in [0.15, 0.2) is 22.8 Å². The third kappa shape index (κ3) is 2.37. The van der Waals surface area contributed by atoms with E-state index in [2.05, 4.69) is 27.5 Å². The molecule has 0 radical (unpaired) electrons. The van der Waals surface area contributed by atoms with E-state index in [1.807, 2.05) is 12.1 Å². The molecule has 0 atom stereocenters. The third-order valence-electron chi connectivity index (χ3n) is 3.94. The van der Waals surface area contributed by atoms with Crippen molar-refractivity contribution < 1.29 is 4.42 Å². The maximum atomic E-state index is 6.10. The van der Waals surface area contributed by atoms with Crippen LogP contribution in [0.3, 0.4) is 0 Å². The molecule has 0 unspecified atom stereocenters. The summed E-state index contributed by atoms with van der Waals surface area (Å²) < 4.78 is 6.41. The van der Waals surface area contributed by atoms with Crippen molar-refractivity contribution in [3.63, 3.8) is 0 Å². The largest absolute Gasteiger partial charge is 0.467 e. The second-order valence-electron chi connectivity index (χ2n) is 5.40. The maximum absolute atomic E-state index is 6.10. The quantitative estimate of drug-likeness (QED) is 0.714. The minimum Gasteiger partial charge on any atom is -0.467 e. The molecule has 0 spiro atoms. The number of anilines is 1. The van der Waals surface area contributed by atoms with Crippen molar-refractivity contribution in [1.82, 2.24) is 15.3 Å². The Bertz CT molecular complexity index is 811. The number of nitrogens with one attached hydrogen (secondary N) is 2. The zero-order chi connectivity index (χ0) is 15.1. The topological polar surface area (TPSA) is 63.0 Å². The highest BCUT2D eigenvalue weighted by Crippen LogP contribution is 2.39. The summed E-state index contributed by atoms with van der Waals surface area (Å²) in [6.45, 7) is 4.76. The van der Waals surface area contributed by atoms with Gasteiger partial charge in [0, 0.05) is 23.9 Å². The Morgan fingerprint density at radius 2 is 2.32 bits per heavy atom. The van der Waals surface area contributed by atoms with Crippen molar-refractivity contribution in [2.45, 2.75) is 19.4 Å². The van der Waals surface area contributed by atoms with Crippen LogP contribution in [0.5, 0.6) is 0 Å². The normalized spacial score (nSPS) is 15.2. The van der Waals surface area contributed by atoms with Gasteiger partial charge in [-0.15, -0.1) is 11.3 Å². The zero-order valence-electron chi connectivity index (χ0n) is 12.0. The summed E-state index contributed by atoms with van der Waals surface area (Å²) in [5.74, 6) is 2.22. The van der Waals surface area contributed by atoms with Gasteiger partial charge < -0.3 is 15.1 Å². The summed E-state index contributed by atoms with van der Waals surface area (Å²) in [5, 5.41) is 6.90. The Kier molecular flexibility index (Phi) is 3.52. The predicted molar refractivity (Wildman–Crippen MR) is 88.8 cm³/mol. The van der Waals surface area contributed by atoms with Gasteiger partial charge in [-0.1, -0.05) is 0 Å². The molecule has 0 bridgehead atoms. The van der Waals surface area contributed by atoms with Crippen LogP contribution in [0.25, 0.3) is 10.2 Å². The molecule has 1 fully saturated rings. The Balaban J connectivity index is 1.73. The Morgan fingerprint density at radius 3 is 3.00 bits per heavy atom. The lowest BCUT2D eigenvalue weighted by atomic mass is 9.98. The standard InChI is InChI=1S/C15H15ClN4OS/c1-8-11-13(22-12(8)9-5-17-6-9)14(20-15(16)19-11)18-7-10-3-2-4-21-10/h2-4,9,17H,5-7H2,1H3,(H,18,19,20). The van der Waals surface area contributed by atoms with Crippen LogP contribution in [-0.2, 0) is 6.54 Å².